The summed E-state index contributed by atoms with van der Waals surface area (Å²) in [5, 5.41) is 3.72. The van der Waals surface area contributed by atoms with E-state index in [0.29, 0.717) is 12.1 Å². The standard InChI is InChI=1S/C14H15Cl2NS2/c1-8(11-5-6-13(15)18-11)17-10-3-2-4-12-9(10)7-14(16)19-12/h5-8,10,17H,2-4H2,1H3. The second-order valence-electron chi connectivity index (χ2n) is 4.90. The molecule has 5 heteroatoms. The van der Waals surface area contributed by atoms with Gasteiger partial charge in [-0.15, -0.1) is 22.7 Å². The van der Waals surface area contributed by atoms with Crippen molar-refractivity contribution in [3.8, 4) is 0 Å². The van der Waals surface area contributed by atoms with Crippen LogP contribution in [0, 0.1) is 0 Å². The Morgan fingerprint density at radius 3 is 2.84 bits per heavy atom. The largest absolute Gasteiger partial charge is 0.303 e. The highest BCUT2D eigenvalue weighted by atomic mass is 35.5. The fraction of sp³-hybridized carbons (Fsp3) is 0.429. The van der Waals surface area contributed by atoms with E-state index in [2.05, 4.69) is 24.4 Å². The first kappa shape index (κ1) is 13.9. The number of aryl methyl sites for hydroxylation is 1. The summed E-state index contributed by atoms with van der Waals surface area (Å²) >= 11 is 15.5. The first-order valence-corrected chi connectivity index (χ1v) is 8.82. The molecule has 0 spiro atoms. The lowest BCUT2D eigenvalue weighted by Gasteiger charge is -2.26. The van der Waals surface area contributed by atoms with Crippen molar-refractivity contribution in [3.05, 3.63) is 42.2 Å². The number of halogens is 2. The van der Waals surface area contributed by atoms with Crippen LogP contribution >= 0.6 is 45.9 Å². The van der Waals surface area contributed by atoms with Crippen molar-refractivity contribution in [2.24, 2.45) is 0 Å². The Bertz CT molecular complexity index is 576. The van der Waals surface area contributed by atoms with Crippen LogP contribution in [0.1, 0.15) is 47.2 Å². The Hall–Kier alpha value is -0.0600. The number of hydrogen-bond acceptors (Lipinski definition) is 3. The van der Waals surface area contributed by atoms with Gasteiger partial charge in [0, 0.05) is 21.8 Å². The third-order valence-corrected chi connectivity index (χ3v) is 6.31. The Kier molecular flexibility index (Phi) is 4.20. The number of nitrogens with one attached hydrogen (secondary N) is 1. The van der Waals surface area contributed by atoms with Crippen molar-refractivity contribution >= 4 is 45.9 Å². The molecule has 2 atom stereocenters. The lowest BCUT2D eigenvalue weighted by atomic mass is 9.93. The summed E-state index contributed by atoms with van der Waals surface area (Å²) < 4.78 is 1.76. The van der Waals surface area contributed by atoms with Gasteiger partial charge in [-0.05, 0) is 49.9 Å². The molecule has 19 heavy (non-hydrogen) atoms. The second-order valence-corrected chi connectivity index (χ2v) is 8.42. The molecule has 0 radical (unpaired) electrons. The van der Waals surface area contributed by atoms with Crippen molar-refractivity contribution in [1.82, 2.24) is 5.32 Å². The zero-order valence-electron chi connectivity index (χ0n) is 10.6. The van der Waals surface area contributed by atoms with Crippen LogP contribution in [0.4, 0.5) is 0 Å². The average molecular weight is 332 g/mol. The first-order valence-electron chi connectivity index (χ1n) is 6.43. The number of thiophene rings is 2. The third-order valence-electron chi connectivity index (χ3n) is 3.56. The van der Waals surface area contributed by atoms with Crippen LogP contribution in [0.2, 0.25) is 8.67 Å². The van der Waals surface area contributed by atoms with Crippen LogP contribution in [0.5, 0.6) is 0 Å². The molecule has 1 aliphatic rings. The lowest BCUT2D eigenvalue weighted by molar-refractivity contribution is 0.421. The van der Waals surface area contributed by atoms with Gasteiger partial charge >= 0.3 is 0 Å². The van der Waals surface area contributed by atoms with E-state index in [1.807, 2.05) is 6.07 Å². The van der Waals surface area contributed by atoms with Crippen molar-refractivity contribution in [1.29, 1.82) is 0 Å². The highest BCUT2D eigenvalue weighted by Crippen LogP contribution is 2.39. The average Bonchev–Trinajstić information content (AvgIpc) is 2.95. The van der Waals surface area contributed by atoms with Gasteiger partial charge in [0.1, 0.15) is 0 Å². The van der Waals surface area contributed by atoms with Gasteiger partial charge in [-0.1, -0.05) is 23.2 Å². The summed E-state index contributed by atoms with van der Waals surface area (Å²) in [6.07, 6.45) is 3.59. The van der Waals surface area contributed by atoms with Gasteiger partial charge in [-0.3, -0.25) is 0 Å². The van der Waals surface area contributed by atoms with Gasteiger partial charge in [-0.2, -0.15) is 0 Å². The minimum absolute atomic E-state index is 0.326. The van der Waals surface area contributed by atoms with E-state index in [4.69, 9.17) is 23.2 Å². The molecule has 102 valence electrons. The molecular formula is C14H15Cl2NS2. The van der Waals surface area contributed by atoms with Crippen molar-refractivity contribution in [2.75, 3.05) is 0 Å². The Morgan fingerprint density at radius 2 is 2.11 bits per heavy atom. The molecule has 1 N–H and O–H groups in total. The van der Waals surface area contributed by atoms with Crippen LogP contribution in [-0.4, -0.2) is 0 Å². The minimum Gasteiger partial charge on any atom is -0.303 e. The molecular weight excluding hydrogens is 317 g/mol. The van der Waals surface area contributed by atoms with Crippen LogP contribution in [0.15, 0.2) is 18.2 Å². The molecule has 1 nitrogen and oxygen atoms in total. The summed E-state index contributed by atoms with van der Waals surface area (Å²) in [6, 6.07) is 6.95. The summed E-state index contributed by atoms with van der Waals surface area (Å²) in [7, 11) is 0. The lowest BCUT2D eigenvalue weighted by Crippen LogP contribution is -2.26. The maximum Gasteiger partial charge on any atom is 0.0934 e. The zero-order chi connectivity index (χ0) is 13.4. The molecule has 0 aromatic carbocycles. The molecule has 0 aliphatic heterocycles. The van der Waals surface area contributed by atoms with E-state index in [-0.39, 0.29) is 0 Å². The van der Waals surface area contributed by atoms with E-state index in [1.165, 1.54) is 34.6 Å². The predicted molar refractivity (Wildman–Crippen MR) is 85.9 cm³/mol. The van der Waals surface area contributed by atoms with E-state index in [1.54, 1.807) is 22.7 Å². The maximum absolute atomic E-state index is 6.15. The molecule has 2 aromatic rings. The van der Waals surface area contributed by atoms with Gasteiger partial charge in [-0.25, -0.2) is 0 Å². The van der Waals surface area contributed by atoms with Gasteiger partial charge in [0.25, 0.3) is 0 Å². The second kappa shape index (κ2) is 5.74. The van der Waals surface area contributed by atoms with Crippen molar-refractivity contribution in [2.45, 2.75) is 38.3 Å². The predicted octanol–water partition coefficient (Wildman–Crippen LogP) is 5.84. The van der Waals surface area contributed by atoms with Gasteiger partial charge in [0.15, 0.2) is 0 Å². The Morgan fingerprint density at radius 1 is 1.26 bits per heavy atom. The Balaban J connectivity index is 1.77. The van der Waals surface area contributed by atoms with Gasteiger partial charge in [0.2, 0.25) is 0 Å². The van der Waals surface area contributed by atoms with E-state index in [0.717, 1.165) is 8.67 Å². The quantitative estimate of drug-likeness (QED) is 0.744. The maximum atomic E-state index is 6.15. The molecule has 2 heterocycles. The highest BCUT2D eigenvalue weighted by molar-refractivity contribution is 7.16. The monoisotopic (exact) mass is 331 g/mol. The van der Waals surface area contributed by atoms with Crippen LogP contribution < -0.4 is 5.32 Å². The molecule has 3 rings (SSSR count). The number of rotatable bonds is 3. The smallest absolute Gasteiger partial charge is 0.0934 e. The molecule has 2 aromatic heterocycles. The van der Waals surface area contributed by atoms with Gasteiger partial charge in [0.05, 0.1) is 8.67 Å². The molecule has 0 saturated heterocycles. The molecule has 0 amide bonds. The SMILES string of the molecule is CC(NC1CCCc2sc(Cl)cc21)c1ccc(Cl)s1. The topological polar surface area (TPSA) is 12.0 Å². The molecule has 0 saturated carbocycles. The number of hydrogen-bond donors (Lipinski definition) is 1. The summed E-state index contributed by atoms with van der Waals surface area (Å²) in [5.41, 5.74) is 1.40. The van der Waals surface area contributed by atoms with Crippen LogP contribution in [-0.2, 0) is 6.42 Å². The van der Waals surface area contributed by atoms with Crippen LogP contribution in [0.3, 0.4) is 0 Å². The van der Waals surface area contributed by atoms with E-state index in [9.17, 15) is 0 Å². The van der Waals surface area contributed by atoms with E-state index >= 15 is 0 Å². The van der Waals surface area contributed by atoms with E-state index < -0.39 is 0 Å². The molecule has 0 bridgehead atoms. The third kappa shape index (κ3) is 3.01. The first-order chi connectivity index (χ1) is 9.13. The fourth-order valence-corrected chi connectivity index (χ4v) is 5.10. The number of fused-ring (bicyclic) bond motifs is 1. The molecule has 0 fully saturated rings. The summed E-state index contributed by atoms with van der Waals surface area (Å²) in [4.78, 5) is 2.74. The zero-order valence-corrected chi connectivity index (χ0v) is 13.7. The summed E-state index contributed by atoms with van der Waals surface area (Å²) in [5.74, 6) is 0. The Labute approximate surface area is 131 Å². The normalized spacial score (nSPS) is 20.3. The van der Waals surface area contributed by atoms with Crippen molar-refractivity contribution in [3.63, 3.8) is 0 Å². The summed E-state index contributed by atoms with van der Waals surface area (Å²) in [6.45, 7) is 2.20. The van der Waals surface area contributed by atoms with Crippen LogP contribution in [0.25, 0.3) is 0 Å². The molecule has 1 aliphatic carbocycles. The van der Waals surface area contributed by atoms with Gasteiger partial charge < -0.3 is 5.32 Å². The molecule has 2 unspecified atom stereocenters. The highest BCUT2D eigenvalue weighted by Gasteiger charge is 2.24. The fourth-order valence-electron chi connectivity index (χ4n) is 2.64. The van der Waals surface area contributed by atoms with Crippen molar-refractivity contribution < 1.29 is 0 Å². The minimum atomic E-state index is 0.326.